The molecule has 21 heavy (non-hydrogen) atoms. The van der Waals surface area contributed by atoms with Gasteiger partial charge < -0.3 is 14.6 Å². The lowest BCUT2D eigenvalue weighted by Gasteiger charge is -2.37. The van der Waals surface area contributed by atoms with Crippen LogP contribution in [0.5, 0.6) is 5.75 Å². The number of nitrogens with zero attached hydrogens (tertiary/aromatic N) is 1. The maximum Gasteiger partial charge on any atom is 0.119 e. The highest BCUT2D eigenvalue weighted by Crippen LogP contribution is 2.15. The number of ether oxygens (including phenoxy) is 2. The van der Waals surface area contributed by atoms with Gasteiger partial charge >= 0.3 is 0 Å². The Balaban J connectivity index is 1.77. The van der Waals surface area contributed by atoms with Crippen molar-refractivity contribution in [2.75, 3.05) is 26.2 Å². The summed E-state index contributed by atoms with van der Waals surface area (Å²) in [4.78, 5) is 2.27. The molecule has 0 bridgehead atoms. The molecule has 0 amide bonds. The average molecular weight is 293 g/mol. The maximum absolute atomic E-state index is 10.2. The van der Waals surface area contributed by atoms with Crippen molar-refractivity contribution in [2.24, 2.45) is 0 Å². The van der Waals surface area contributed by atoms with Crippen LogP contribution in [0.25, 0.3) is 0 Å². The van der Waals surface area contributed by atoms with Gasteiger partial charge in [-0.3, -0.25) is 4.90 Å². The third-order valence-corrected chi connectivity index (χ3v) is 3.76. The van der Waals surface area contributed by atoms with Gasteiger partial charge in [-0.15, -0.1) is 0 Å². The first-order valence-corrected chi connectivity index (χ1v) is 7.82. The second-order valence-electron chi connectivity index (χ2n) is 5.98. The number of hydrogen-bond donors (Lipinski definition) is 1. The van der Waals surface area contributed by atoms with Crippen molar-refractivity contribution in [3.63, 3.8) is 0 Å². The Morgan fingerprint density at radius 1 is 1.43 bits per heavy atom. The fraction of sp³-hybridized carbons (Fsp3) is 0.647. The largest absolute Gasteiger partial charge is 0.491 e. The zero-order valence-corrected chi connectivity index (χ0v) is 13.3. The Kier molecular flexibility index (Phi) is 6.03. The number of β-amino-alcohol motifs (C(OH)–C–C–N with tert-alkyl or cyclic N) is 1. The van der Waals surface area contributed by atoms with Gasteiger partial charge in [-0.2, -0.15) is 0 Å². The van der Waals surface area contributed by atoms with Crippen LogP contribution in [-0.2, 0) is 4.74 Å². The molecule has 1 aromatic rings. The predicted molar refractivity (Wildman–Crippen MR) is 83.7 cm³/mol. The van der Waals surface area contributed by atoms with Crippen molar-refractivity contribution >= 4 is 0 Å². The lowest BCUT2D eigenvalue weighted by atomic mass is 10.1. The van der Waals surface area contributed by atoms with E-state index < -0.39 is 6.10 Å². The molecule has 3 atom stereocenters. The zero-order chi connectivity index (χ0) is 15.2. The summed E-state index contributed by atoms with van der Waals surface area (Å²) < 4.78 is 11.5. The standard InChI is InChI=1S/C17H27NO3/c1-4-16-11-18(9-14(3)21-16)10-15(19)12-20-17-7-5-6-13(2)8-17/h5-8,14-16,19H,4,9-12H2,1-3H3. The molecule has 4 heteroatoms. The van der Waals surface area contributed by atoms with E-state index in [0.717, 1.165) is 30.8 Å². The van der Waals surface area contributed by atoms with E-state index in [4.69, 9.17) is 9.47 Å². The molecule has 0 aliphatic carbocycles. The van der Waals surface area contributed by atoms with Gasteiger partial charge in [0.25, 0.3) is 0 Å². The molecule has 2 rings (SSSR count). The Hall–Kier alpha value is -1.10. The number of aryl methyl sites for hydroxylation is 1. The molecule has 1 aromatic carbocycles. The van der Waals surface area contributed by atoms with Gasteiger partial charge in [-0.05, 0) is 38.0 Å². The van der Waals surface area contributed by atoms with Crippen LogP contribution in [0.1, 0.15) is 25.8 Å². The first-order valence-electron chi connectivity index (χ1n) is 7.82. The van der Waals surface area contributed by atoms with Crippen molar-refractivity contribution in [3.8, 4) is 5.75 Å². The van der Waals surface area contributed by atoms with E-state index in [2.05, 4.69) is 18.7 Å². The molecule has 1 N–H and O–H groups in total. The number of morpholine rings is 1. The lowest BCUT2D eigenvalue weighted by molar-refractivity contribution is -0.0873. The number of hydrogen-bond acceptors (Lipinski definition) is 4. The Bertz CT molecular complexity index is 438. The normalized spacial score (nSPS) is 24.8. The fourth-order valence-corrected chi connectivity index (χ4v) is 2.76. The van der Waals surface area contributed by atoms with Crippen LogP contribution in [-0.4, -0.2) is 54.6 Å². The lowest BCUT2D eigenvalue weighted by Crippen LogP contribution is -2.49. The van der Waals surface area contributed by atoms with Crippen molar-refractivity contribution in [2.45, 2.75) is 45.5 Å². The summed E-state index contributed by atoms with van der Waals surface area (Å²) in [7, 11) is 0. The Morgan fingerprint density at radius 2 is 2.24 bits per heavy atom. The Labute approximate surface area is 127 Å². The second kappa shape index (κ2) is 7.78. The molecule has 0 spiro atoms. The first-order chi connectivity index (χ1) is 10.1. The van der Waals surface area contributed by atoms with E-state index in [1.54, 1.807) is 0 Å². The van der Waals surface area contributed by atoms with Crippen LogP contribution in [0.3, 0.4) is 0 Å². The SMILES string of the molecule is CCC1CN(CC(O)COc2cccc(C)c2)CC(C)O1. The molecule has 4 nitrogen and oxygen atoms in total. The molecule has 0 aromatic heterocycles. The van der Waals surface area contributed by atoms with Gasteiger partial charge in [0.05, 0.1) is 12.2 Å². The van der Waals surface area contributed by atoms with Gasteiger partial charge in [0, 0.05) is 19.6 Å². The van der Waals surface area contributed by atoms with Crippen LogP contribution in [0.2, 0.25) is 0 Å². The number of rotatable bonds is 6. The van der Waals surface area contributed by atoms with E-state index in [0.29, 0.717) is 13.2 Å². The van der Waals surface area contributed by atoms with E-state index in [9.17, 15) is 5.11 Å². The third-order valence-electron chi connectivity index (χ3n) is 3.76. The van der Waals surface area contributed by atoms with Crippen molar-refractivity contribution in [3.05, 3.63) is 29.8 Å². The molecule has 1 aliphatic heterocycles. The molecule has 3 unspecified atom stereocenters. The van der Waals surface area contributed by atoms with E-state index >= 15 is 0 Å². The quantitative estimate of drug-likeness (QED) is 0.873. The minimum atomic E-state index is -0.478. The molecule has 0 saturated carbocycles. The second-order valence-corrected chi connectivity index (χ2v) is 5.98. The summed E-state index contributed by atoms with van der Waals surface area (Å²) in [5.41, 5.74) is 1.16. The predicted octanol–water partition coefficient (Wildman–Crippen LogP) is 2.23. The number of aliphatic hydroxyl groups excluding tert-OH is 1. The van der Waals surface area contributed by atoms with Crippen molar-refractivity contribution < 1.29 is 14.6 Å². The van der Waals surface area contributed by atoms with E-state index in [1.807, 2.05) is 31.2 Å². The van der Waals surface area contributed by atoms with Crippen LogP contribution >= 0.6 is 0 Å². The zero-order valence-electron chi connectivity index (χ0n) is 13.3. The Morgan fingerprint density at radius 3 is 2.95 bits per heavy atom. The summed E-state index contributed by atoms with van der Waals surface area (Å²) in [6, 6.07) is 7.90. The van der Waals surface area contributed by atoms with Crippen molar-refractivity contribution in [1.82, 2.24) is 4.90 Å². The van der Waals surface area contributed by atoms with Gasteiger partial charge in [0.15, 0.2) is 0 Å². The van der Waals surface area contributed by atoms with Crippen LogP contribution in [0, 0.1) is 6.92 Å². The number of aliphatic hydroxyl groups is 1. The van der Waals surface area contributed by atoms with Crippen molar-refractivity contribution in [1.29, 1.82) is 0 Å². The van der Waals surface area contributed by atoms with Gasteiger partial charge in [-0.25, -0.2) is 0 Å². The molecular formula is C17H27NO3. The topological polar surface area (TPSA) is 41.9 Å². The molecule has 1 heterocycles. The minimum Gasteiger partial charge on any atom is -0.491 e. The fourth-order valence-electron chi connectivity index (χ4n) is 2.76. The van der Waals surface area contributed by atoms with Crippen LogP contribution in [0.15, 0.2) is 24.3 Å². The minimum absolute atomic E-state index is 0.230. The smallest absolute Gasteiger partial charge is 0.119 e. The summed E-state index contributed by atoms with van der Waals surface area (Å²) in [5, 5.41) is 10.2. The summed E-state index contributed by atoms with van der Waals surface area (Å²) in [6.07, 6.45) is 1.04. The van der Waals surface area contributed by atoms with Crippen LogP contribution in [0.4, 0.5) is 0 Å². The molecule has 1 fully saturated rings. The third kappa shape index (κ3) is 5.30. The molecule has 0 radical (unpaired) electrons. The molecule has 1 saturated heterocycles. The van der Waals surface area contributed by atoms with Crippen LogP contribution < -0.4 is 4.74 Å². The molecular weight excluding hydrogens is 266 g/mol. The van der Waals surface area contributed by atoms with Gasteiger partial charge in [0.2, 0.25) is 0 Å². The first kappa shape index (κ1) is 16.3. The highest BCUT2D eigenvalue weighted by molar-refractivity contribution is 5.27. The maximum atomic E-state index is 10.2. The highest BCUT2D eigenvalue weighted by atomic mass is 16.5. The van der Waals surface area contributed by atoms with Gasteiger partial charge in [0.1, 0.15) is 18.5 Å². The van der Waals surface area contributed by atoms with Gasteiger partial charge in [-0.1, -0.05) is 19.1 Å². The monoisotopic (exact) mass is 293 g/mol. The number of benzene rings is 1. The summed E-state index contributed by atoms with van der Waals surface area (Å²) in [5.74, 6) is 0.816. The summed E-state index contributed by atoms with van der Waals surface area (Å²) in [6.45, 7) is 8.98. The highest BCUT2D eigenvalue weighted by Gasteiger charge is 2.25. The average Bonchev–Trinajstić information content (AvgIpc) is 2.44. The molecule has 118 valence electrons. The van der Waals surface area contributed by atoms with E-state index in [-0.39, 0.29) is 12.2 Å². The summed E-state index contributed by atoms with van der Waals surface area (Å²) >= 11 is 0. The van der Waals surface area contributed by atoms with E-state index in [1.165, 1.54) is 0 Å². The molecule has 1 aliphatic rings.